The number of hydrogen-bond donors (Lipinski definition) is 1. The smallest absolute Gasteiger partial charge is 0.409 e. The Bertz CT molecular complexity index is 833. The van der Waals surface area contributed by atoms with Gasteiger partial charge in [0.05, 0.1) is 5.92 Å². The highest BCUT2D eigenvalue weighted by atomic mass is 16.6. The zero-order chi connectivity index (χ0) is 19.0. The highest BCUT2D eigenvalue weighted by Gasteiger charge is 2.35. The Morgan fingerprint density at radius 1 is 1.07 bits per heavy atom. The van der Waals surface area contributed by atoms with Crippen molar-refractivity contribution in [1.82, 2.24) is 4.90 Å². The van der Waals surface area contributed by atoms with Gasteiger partial charge in [0.15, 0.2) is 0 Å². The SMILES string of the molecule is C[C@H]1CCN(C(=O)OCC2c3ccccc3-c3ccccc32)C[C@H]1C(=O)O. The van der Waals surface area contributed by atoms with Crippen LogP contribution in [0.3, 0.4) is 0 Å². The number of piperidine rings is 1. The van der Waals surface area contributed by atoms with Crippen LogP contribution in [0.1, 0.15) is 30.4 Å². The van der Waals surface area contributed by atoms with Gasteiger partial charge in [0, 0.05) is 19.0 Å². The largest absolute Gasteiger partial charge is 0.481 e. The average molecular weight is 365 g/mol. The predicted octanol–water partition coefficient (Wildman–Crippen LogP) is 3.98. The summed E-state index contributed by atoms with van der Waals surface area (Å²) >= 11 is 0. The van der Waals surface area contributed by atoms with Crippen LogP contribution < -0.4 is 0 Å². The third kappa shape index (κ3) is 3.18. The van der Waals surface area contributed by atoms with Gasteiger partial charge >= 0.3 is 12.1 Å². The second-order valence-corrected chi connectivity index (χ2v) is 7.46. The van der Waals surface area contributed by atoms with Crippen LogP contribution in [-0.2, 0) is 9.53 Å². The van der Waals surface area contributed by atoms with Crippen LogP contribution in [0, 0.1) is 11.8 Å². The van der Waals surface area contributed by atoms with Gasteiger partial charge in [0.1, 0.15) is 6.61 Å². The van der Waals surface area contributed by atoms with E-state index in [1.807, 2.05) is 31.2 Å². The van der Waals surface area contributed by atoms with Crippen molar-refractivity contribution in [2.75, 3.05) is 19.7 Å². The van der Waals surface area contributed by atoms with Crippen LogP contribution in [0.5, 0.6) is 0 Å². The molecule has 2 aromatic carbocycles. The van der Waals surface area contributed by atoms with E-state index in [0.717, 1.165) is 0 Å². The normalized spacial score (nSPS) is 21.4. The van der Waals surface area contributed by atoms with Crippen molar-refractivity contribution in [2.45, 2.75) is 19.3 Å². The van der Waals surface area contributed by atoms with E-state index >= 15 is 0 Å². The Balaban J connectivity index is 1.47. The van der Waals surface area contributed by atoms with E-state index in [-0.39, 0.29) is 25.0 Å². The van der Waals surface area contributed by atoms with E-state index in [9.17, 15) is 14.7 Å². The zero-order valence-electron chi connectivity index (χ0n) is 15.3. The number of carbonyl (C=O) groups excluding carboxylic acids is 1. The summed E-state index contributed by atoms with van der Waals surface area (Å²) in [7, 11) is 0. The second kappa shape index (κ2) is 7.06. The first kappa shape index (κ1) is 17.6. The first-order valence-electron chi connectivity index (χ1n) is 9.39. The maximum absolute atomic E-state index is 12.6. The van der Waals surface area contributed by atoms with Gasteiger partial charge in [-0.3, -0.25) is 4.79 Å². The Hall–Kier alpha value is -2.82. The summed E-state index contributed by atoms with van der Waals surface area (Å²) in [6.45, 7) is 2.94. The van der Waals surface area contributed by atoms with Crippen molar-refractivity contribution in [2.24, 2.45) is 11.8 Å². The molecule has 1 amide bonds. The maximum atomic E-state index is 12.6. The number of amides is 1. The molecule has 1 N–H and O–H groups in total. The molecule has 1 saturated heterocycles. The summed E-state index contributed by atoms with van der Waals surface area (Å²) in [6, 6.07) is 16.4. The number of rotatable bonds is 3. The molecule has 5 nitrogen and oxygen atoms in total. The molecule has 1 fully saturated rings. The van der Waals surface area contributed by atoms with Gasteiger partial charge in [-0.15, -0.1) is 0 Å². The lowest BCUT2D eigenvalue weighted by Crippen LogP contribution is -2.46. The first-order chi connectivity index (χ1) is 13.1. The number of fused-ring (bicyclic) bond motifs is 3. The molecule has 140 valence electrons. The second-order valence-electron chi connectivity index (χ2n) is 7.46. The zero-order valence-corrected chi connectivity index (χ0v) is 15.3. The van der Waals surface area contributed by atoms with Crippen molar-refractivity contribution in [3.8, 4) is 11.1 Å². The lowest BCUT2D eigenvalue weighted by atomic mass is 9.87. The molecule has 0 radical (unpaired) electrons. The van der Waals surface area contributed by atoms with Gasteiger partial charge in [-0.05, 0) is 34.6 Å². The standard InChI is InChI=1S/C22H23NO4/c1-14-10-11-23(12-19(14)21(24)25)22(26)27-13-20-17-8-4-2-6-15(17)16-7-3-5-9-18(16)20/h2-9,14,19-20H,10-13H2,1H3,(H,24,25)/t14-,19+/m0/s1. The van der Waals surface area contributed by atoms with Gasteiger partial charge in [-0.25, -0.2) is 4.79 Å². The quantitative estimate of drug-likeness (QED) is 0.893. The molecule has 1 aliphatic carbocycles. The lowest BCUT2D eigenvalue weighted by Gasteiger charge is -2.34. The van der Waals surface area contributed by atoms with Gasteiger partial charge in [0.25, 0.3) is 0 Å². The van der Waals surface area contributed by atoms with Crippen molar-refractivity contribution >= 4 is 12.1 Å². The molecule has 0 aromatic heterocycles. The average Bonchev–Trinajstić information content (AvgIpc) is 3.00. The minimum atomic E-state index is -0.848. The van der Waals surface area contributed by atoms with E-state index < -0.39 is 18.0 Å². The van der Waals surface area contributed by atoms with Gasteiger partial charge in [0.2, 0.25) is 0 Å². The minimum Gasteiger partial charge on any atom is -0.481 e. The molecule has 0 unspecified atom stereocenters. The topological polar surface area (TPSA) is 66.8 Å². The highest BCUT2D eigenvalue weighted by Crippen LogP contribution is 2.44. The minimum absolute atomic E-state index is 0.0142. The molecule has 5 heteroatoms. The molecule has 2 atom stereocenters. The summed E-state index contributed by atoms with van der Waals surface area (Å²) < 4.78 is 5.64. The predicted molar refractivity (Wildman–Crippen MR) is 102 cm³/mol. The van der Waals surface area contributed by atoms with Crippen LogP contribution in [0.25, 0.3) is 11.1 Å². The molecule has 0 bridgehead atoms. The third-order valence-electron chi connectivity index (χ3n) is 5.87. The monoisotopic (exact) mass is 365 g/mol. The highest BCUT2D eigenvalue weighted by molar-refractivity contribution is 5.79. The molecule has 0 spiro atoms. The number of ether oxygens (including phenoxy) is 1. The maximum Gasteiger partial charge on any atom is 0.409 e. The number of carboxylic acid groups (broad SMARTS) is 1. The van der Waals surface area contributed by atoms with Crippen LogP contribution in [0.15, 0.2) is 48.5 Å². The number of benzene rings is 2. The Morgan fingerprint density at radius 3 is 2.26 bits per heavy atom. The summed E-state index contributed by atoms with van der Waals surface area (Å²) in [5.74, 6) is -1.29. The third-order valence-corrected chi connectivity index (χ3v) is 5.87. The summed E-state index contributed by atoms with van der Waals surface area (Å²) in [4.78, 5) is 25.5. The number of nitrogens with zero attached hydrogens (tertiary/aromatic N) is 1. The van der Waals surface area contributed by atoms with E-state index in [0.29, 0.717) is 13.0 Å². The molecular weight excluding hydrogens is 342 g/mol. The lowest BCUT2D eigenvalue weighted by molar-refractivity contribution is -0.145. The Labute approximate surface area is 158 Å². The summed E-state index contributed by atoms with van der Waals surface area (Å²) in [5, 5.41) is 9.35. The van der Waals surface area contributed by atoms with E-state index in [4.69, 9.17) is 4.74 Å². The number of likely N-dealkylation sites (tertiary alicyclic amines) is 1. The Kier molecular flexibility index (Phi) is 4.60. The molecule has 1 heterocycles. The number of carbonyl (C=O) groups is 2. The van der Waals surface area contributed by atoms with Crippen molar-refractivity contribution in [1.29, 1.82) is 0 Å². The fourth-order valence-corrected chi connectivity index (χ4v) is 4.24. The van der Waals surface area contributed by atoms with Crippen molar-refractivity contribution < 1.29 is 19.4 Å². The van der Waals surface area contributed by atoms with Crippen LogP contribution in [0.4, 0.5) is 4.79 Å². The van der Waals surface area contributed by atoms with E-state index in [1.165, 1.54) is 27.2 Å². The van der Waals surface area contributed by atoms with Gasteiger partial charge in [-0.2, -0.15) is 0 Å². The van der Waals surface area contributed by atoms with Crippen molar-refractivity contribution in [3.63, 3.8) is 0 Å². The molecule has 27 heavy (non-hydrogen) atoms. The van der Waals surface area contributed by atoms with Crippen LogP contribution in [-0.4, -0.2) is 41.8 Å². The number of aliphatic carboxylic acids is 1. The summed E-state index contributed by atoms with van der Waals surface area (Å²) in [6.07, 6.45) is 0.260. The molecule has 2 aliphatic rings. The first-order valence-corrected chi connectivity index (χ1v) is 9.39. The van der Waals surface area contributed by atoms with E-state index in [2.05, 4.69) is 24.3 Å². The van der Waals surface area contributed by atoms with E-state index in [1.54, 1.807) is 0 Å². The fourth-order valence-electron chi connectivity index (χ4n) is 4.24. The molecule has 2 aromatic rings. The van der Waals surface area contributed by atoms with Gasteiger partial charge < -0.3 is 14.7 Å². The van der Waals surface area contributed by atoms with Gasteiger partial charge in [-0.1, -0.05) is 55.5 Å². The van der Waals surface area contributed by atoms with Crippen LogP contribution >= 0.6 is 0 Å². The molecule has 1 aliphatic heterocycles. The molecule has 4 rings (SSSR count). The number of hydrogen-bond acceptors (Lipinski definition) is 3. The van der Waals surface area contributed by atoms with Crippen LogP contribution in [0.2, 0.25) is 0 Å². The summed E-state index contributed by atoms with van der Waals surface area (Å²) in [5.41, 5.74) is 4.71. The Morgan fingerprint density at radius 2 is 1.67 bits per heavy atom. The molecule has 0 saturated carbocycles. The van der Waals surface area contributed by atoms with Crippen molar-refractivity contribution in [3.05, 3.63) is 59.7 Å². The fraction of sp³-hybridized carbons (Fsp3) is 0.364. The number of carboxylic acids is 1. The molecular formula is C22H23NO4.